The van der Waals surface area contributed by atoms with Crippen LogP contribution < -0.4 is 0 Å². The number of carbonyl (C=O) groups excluding carboxylic acids is 2. The van der Waals surface area contributed by atoms with E-state index in [0.717, 1.165) is 64.4 Å². The Kier molecular flexibility index (Phi) is 13.6. The zero-order valence-corrected chi connectivity index (χ0v) is 29.9. The highest BCUT2D eigenvalue weighted by Crippen LogP contribution is 2.21. The molecule has 0 radical (unpaired) electrons. The fraction of sp³-hybridized carbons (Fsp3) is 0.234. The minimum atomic E-state index is -1.08. The molecule has 0 aliphatic carbocycles. The summed E-state index contributed by atoms with van der Waals surface area (Å²) >= 11 is 0. The summed E-state index contributed by atoms with van der Waals surface area (Å²) in [4.78, 5) is 26.1. The van der Waals surface area contributed by atoms with Gasteiger partial charge in [-0.25, -0.2) is 9.59 Å². The molecule has 53 heavy (non-hydrogen) atoms. The van der Waals surface area contributed by atoms with Crippen LogP contribution >= 0.6 is 0 Å². The molecule has 0 bridgehead atoms. The second kappa shape index (κ2) is 19.1. The maximum Gasteiger partial charge on any atom is 0.342 e. The number of nitriles is 2. The van der Waals surface area contributed by atoms with Gasteiger partial charge in [-0.3, -0.25) is 0 Å². The van der Waals surface area contributed by atoms with Gasteiger partial charge in [0.2, 0.25) is 6.29 Å². The van der Waals surface area contributed by atoms with Crippen molar-refractivity contribution in [1.29, 1.82) is 10.5 Å². The molecule has 0 aromatic heterocycles. The quantitative estimate of drug-likeness (QED) is 0.0399. The predicted octanol–water partition coefficient (Wildman–Crippen LogP) is 10.3. The van der Waals surface area contributed by atoms with Crippen LogP contribution in [0.1, 0.15) is 108 Å². The van der Waals surface area contributed by atoms with Gasteiger partial charge >= 0.3 is 11.9 Å². The van der Waals surface area contributed by atoms with E-state index in [-0.39, 0.29) is 5.56 Å². The summed E-state index contributed by atoms with van der Waals surface area (Å²) in [6.07, 6.45) is 9.10. The van der Waals surface area contributed by atoms with Crippen molar-refractivity contribution in [2.24, 2.45) is 0 Å². The molecule has 1 atom stereocenters. The number of ether oxygens (including phenoxy) is 2. The Morgan fingerprint density at radius 3 is 1.58 bits per heavy atom. The fourth-order valence-electron chi connectivity index (χ4n) is 5.92. The number of hydrogen-bond acceptors (Lipinski definition) is 6. The first-order chi connectivity index (χ1) is 25.9. The van der Waals surface area contributed by atoms with Crippen LogP contribution in [0.2, 0.25) is 0 Å². The molecule has 5 aromatic carbocycles. The molecule has 5 aromatic rings. The number of esters is 2. The average molecular weight is 697 g/mol. The lowest BCUT2D eigenvalue weighted by Crippen LogP contribution is -2.24. The molecule has 0 N–H and O–H groups in total. The molecule has 262 valence electrons. The summed E-state index contributed by atoms with van der Waals surface area (Å²) < 4.78 is 11.3. The van der Waals surface area contributed by atoms with Gasteiger partial charge in [-0.2, -0.15) is 10.5 Å². The van der Waals surface area contributed by atoms with Gasteiger partial charge in [0.05, 0.1) is 28.8 Å². The molecule has 5 rings (SSSR count). The molecule has 0 heterocycles. The van der Waals surface area contributed by atoms with Gasteiger partial charge in [-0.1, -0.05) is 106 Å². The highest BCUT2D eigenvalue weighted by molar-refractivity contribution is 5.93. The number of carbonyl (C=O) groups is 2. The maximum absolute atomic E-state index is 13.8. The van der Waals surface area contributed by atoms with Crippen LogP contribution in [0.25, 0.3) is 21.5 Å². The zero-order valence-electron chi connectivity index (χ0n) is 29.9. The highest BCUT2D eigenvalue weighted by Gasteiger charge is 2.21. The number of hydrogen-bond donors (Lipinski definition) is 0. The first kappa shape index (κ1) is 37.7. The molecule has 0 aliphatic rings. The Bertz CT molecular complexity index is 2350. The van der Waals surface area contributed by atoms with Crippen LogP contribution in [0.4, 0.5) is 0 Å². The van der Waals surface area contributed by atoms with Crippen molar-refractivity contribution in [2.45, 2.75) is 71.0 Å². The van der Waals surface area contributed by atoms with Crippen LogP contribution in [0.3, 0.4) is 0 Å². The highest BCUT2D eigenvalue weighted by atomic mass is 16.7. The van der Waals surface area contributed by atoms with Gasteiger partial charge in [-0.05, 0) is 94.7 Å². The van der Waals surface area contributed by atoms with E-state index in [1.54, 1.807) is 30.3 Å². The lowest BCUT2D eigenvalue weighted by atomic mass is 10.0. The maximum atomic E-state index is 13.8. The second-order valence-corrected chi connectivity index (χ2v) is 12.8. The van der Waals surface area contributed by atoms with E-state index in [0.29, 0.717) is 28.7 Å². The molecular weight excluding hydrogens is 657 g/mol. The van der Waals surface area contributed by atoms with E-state index in [9.17, 15) is 20.1 Å². The summed E-state index contributed by atoms with van der Waals surface area (Å²) in [6, 6.07) is 31.9. The molecule has 0 fully saturated rings. The minimum absolute atomic E-state index is 0.196. The van der Waals surface area contributed by atoms with E-state index in [4.69, 9.17) is 9.47 Å². The Morgan fingerprint density at radius 1 is 0.604 bits per heavy atom. The molecule has 6 heteroatoms. The molecule has 0 amide bonds. The van der Waals surface area contributed by atoms with E-state index in [2.05, 4.69) is 49.3 Å². The molecule has 0 spiro atoms. The molecule has 0 saturated carbocycles. The first-order valence-corrected chi connectivity index (χ1v) is 18.0. The lowest BCUT2D eigenvalue weighted by Gasteiger charge is -2.18. The van der Waals surface area contributed by atoms with Crippen LogP contribution in [0.5, 0.6) is 0 Å². The van der Waals surface area contributed by atoms with Crippen LogP contribution in [0.15, 0.2) is 104 Å². The molecule has 0 aliphatic heterocycles. The smallest absolute Gasteiger partial charge is 0.342 e. The van der Waals surface area contributed by atoms with Crippen molar-refractivity contribution in [3.05, 3.63) is 143 Å². The third-order valence-corrected chi connectivity index (χ3v) is 8.82. The number of rotatable bonds is 13. The van der Waals surface area contributed by atoms with Crippen molar-refractivity contribution >= 4 is 33.5 Å². The first-order valence-electron chi connectivity index (χ1n) is 18.0. The van der Waals surface area contributed by atoms with Gasteiger partial charge in [0.1, 0.15) is 0 Å². The average Bonchev–Trinajstić information content (AvgIpc) is 3.19. The predicted molar refractivity (Wildman–Crippen MR) is 208 cm³/mol. The Labute approximate surface area is 311 Å². The Morgan fingerprint density at radius 2 is 1.06 bits per heavy atom. The van der Waals surface area contributed by atoms with Crippen LogP contribution in [-0.4, -0.2) is 18.2 Å². The van der Waals surface area contributed by atoms with Crippen molar-refractivity contribution in [2.75, 3.05) is 0 Å². The van der Waals surface area contributed by atoms with Crippen molar-refractivity contribution in [3.63, 3.8) is 0 Å². The molecule has 0 saturated heterocycles. The van der Waals surface area contributed by atoms with Crippen molar-refractivity contribution in [1.82, 2.24) is 0 Å². The summed E-state index contributed by atoms with van der Waals surface area (Å²) in [6.45, 7) is 5.69. The largest absolute Gasteiger partial charge is 0.422 e. The summed E-state index contributed by atoms with van der Waals surface area (Å²) in [5.74, 6) is 11.3. The SMILES string of the molecule is C=CC(=O)OC(CCCCCCCCCC)OC(=O)c1cc(C#Cc2ccc3cc(C#N)ccc3c2)ccc1C#Cc1ccc2cc(C#N)ccc2c1. The van der Waals surface area contributed by atoms with Gasteiger partial charge in [0.15, 0.2) is 0 Å². The Balaban J connectivity index is 1.41. The third-order valence-electron chi connectivity index (χ3n) is 8.82. The van der Waals surface area contributed by atoms with Gasteiger partial charge in [0.25, 0.3) is 0 Å². The van der Waals surface area contributed by atoms with Crippen molar-refractivity contribution < 1.29 is 19.1 Å². The van der Waals surface area contributed by atoms with Gasteiger partial charge in [0, 0.05) is 34.8 Å². The number of fused-ring (bicyclic) bond motifs is 2. The zero-order chi connectivity index (χ0) is 37.4. The summed E-state index contributed by atoms with van der Waals surface area (Å²) in [7, 11) is 0. The van der Waals surface area contributed by atoms with E-state index < -0.39 is 18.2 Å². The van der Waals surface area contributed by atoms with Gasteiger partial charge < -0.3 is 9.47 Å². The van der Waals surface area contributed by atoms with E-state index >= 15 is 0 Å². The fourth-order valence-corrected chi connectivity index (χ4v) is 5.92. The van der Waals surface area contributed by atoms with Crippen LogP contribution in [0, 0.1) is 46.3 Å². The normalized spacial score (nSPS) is 10.8. The van der Waals surface area contributed by atoms with E-state index in [1.165, 1.54) is 25.7 Å². The summed E-state index contributed by atoms with van der Waals surface area (Å²) in [5.41, 5.74) is 3.88. The lowest BCUT2D eigenvalue weighted by molar-refractivity contribution is -0.163. The van der Waals surface area contributed by atoms with Crippen LogP contribution in [-0.2, 0) is 14.3 Å². The second-order valence-electron chi connectivity index (χ2n) is 12.8. The number of unbranched alkanes of at least 4 members (excludes halogenated alkanes) is 7. The molecule has 6 nitrogen and oxygen atoms in total. The topological polar surface area (TPSA) is 100 Å². The molecule has 1 unspecified atom stereocenters. The number of benzene rings is 5. The third kappa shape index (κ3) is 10.9. The number of nitrogens with zero attached hydrogens (tertiary/aromatic N) is 2. The molecular formula is C47H40N2O4. The van der Waals surface area contributed by atoms with E-state index in [1.807, 2.05) is 60.7 Å². The minimum Gasteiger partial charge on any atom is -0.422 e. The monoisotopic (exact) mass is 696 g/mol. The standard InChI is InChI=1S/C47H40N2O4/c1-3-5-6-7-8-9-10-11-12-46(52-45(50)4-2)53-47(51)44-31-36(14-13-34-17-23-42-29-37(32-48)19-25-40(42)27-34)16-22-39(44)21-15-35-18-24-43-30-38(33-49)20-26-41(43)28-35/h4,16-20,22-31,46H,2-3,5-12H2,1H3. The summed E-state index contributed by atoms with van der Waals surface area (Å²) in [5, 5.41) is 22.2. The Hall–Kier alpha value is -6.60. The van der Waals surface area contributed by atoms with Crippen molar-refractivity contribution in [3.8, 4) is 35.8 Å². The van der Waals surface area contributed by atoms with Gasteiger partial charge in [-0.15, -0.1) is 0 Å².